The second-order valence-corrected chi connectivity index (χ2v) is 4.71. The number of hydrogen-bond acceptors (Lipinski definition) is 1. The lowest BCUT2D eigenvalue weighted by Crippen LogP contribution is -2.18. The van der Waals surface area contributed by atoms with Crippen molar-refractivity contribution in [1.29, 1.82) is 0 Å². The highest BCUT2D eigenvalue weighted by Crippen LogP contribution is 2.31. The van der Waals surface area contributed by atoms with Crippen LogP contribution in [0.1, 0.15) is 12.5 Å². The van der Waals surface area contributed by atoms with Crippen LogP contribution < -0.4 is 0 Å². The van der Waals surface area contributed by atoms with Crippen LogP contribution in [-0.2, 0) is 9.25 Å². The molecule has 0 aliphatic rings. The minimum absolute atomic E-state index is 0.427. The van der Waals surface area contributed by atoms with E-state index in [1.54, 1.807) is 0 Å². The summed E-state index contributed by atoms with van der Waals surface area (Å²) in [5.74, 6) is 0.508. The van der Waals surface area contributed by atoms with E-state index in [0.29, 0.717) is 12.5 Å². The predicted molar refractivity (Wildman–Crippen MR) is 59.4 cm³/mol. The van der Waals surface area contributed by atoms with Crippen LogP contribution in [0.4, 0.5) is 0 Å². The molecule has 1 aromatic carbocycles. The van der Waals surface area contributed by atoms with Crippen LogP contribution in [0.3, 0.4) is 0 Å². The molecule has 0 aliphatic carbocycles. The summed E-state index contributed by atoms with van der Waals surface area (Å²) < 4.78 is 5.12. The van der Waals surface area contributed by atoms with Gasteiger partial charge >= 0.3 is 0 Å². The Hall–Kier alpha value is -0.0500. The molecule has 0 N–H and O–H groups in total. The standard InChI is InChI=1S/C10H12BrClO/c1-10(11,13-8-7-12)9-5-3-2-4-6-9/h2-6H,7-8H2,1H3/t10-/m1/s1. The van der Waals surface area contributed by atoms with Crippen molar-refractivity contribution < 1.29 is 4.74 Å². The monoisotopic (exact) mass is 262 g/mol. The van der Waals surface area contributed by atoms with Gasteiger partial charge in [-0.05, 0) is 28.4 Å². The number of hydrogen-bond donors (Lipinski definition) is 0. The third kappa shape index (κ3) is 3.29. The van der Waals surface area contributed by atoms with Crippen molar-refractivity contribution in [3.8, 4) is 0 Å². The maximum atomic E-state index is 5.55. The third-order valence-corrected chi connectivity index (χ3v) is 2.58. The van der Waals surface area contributed by atoms with Gasteiger partial charge in [0.25, 0.3) is 0 Å². The van der Waals surface area contributed by atoms with Crippen molar-refractivity contribution in [3.63, 3.8) is 0 Å². The maximum Gasteiger partial charge on any atom is 0.145 e. The van der Waals surface area contributed by atoms with Gasteiger partial charge < -0.3 is 4.74 Å². The highest BCUT2D eigenvalue weighted by molar-refractivity contribution is 9.09. The van der Waals surface area contributed by atoms with Crippen molar-refractivity contribution in [2.45, 2.75) is 11.4 Å². The Morgan fingerprint density at radius 3 is 2.54 bits per heavy atom. The lowest BCUT2D eigenvalue weighted by molar-refractivity contribution is 0.0537. The van der Waals surface area contributed by atoms with Crippen molar-refractivity contribution in [2.24, 2.45) is 0 Å². The van der Waals surface area contributed by atoms with Gasteiger partial charge in [0.1, 0.15) is 4.51 Å². The molecular weight excluding hydrogens is 251 g/mol. The normalized spacial score (nSPS) is 15.3. The number of ether oxygens (including phenoxy) is 1. The lowest BCUT2D eigenvalue weighted by Gasteiger charge is -2.23. The first-order valence-electron chi connectivity index (χ1n) is 4.11. The first-order valence-corrected chi connectivity index (χ1v) is 5.44. The molecular formula is C10H12BrClO. The average molecular weight is 264 g/mol. The molecule has 1 aromatic rings. The second kappa shape index (κ2) is 4.99. The van der Waals surface area contributed by atoms with Gasteiger partial charge in [0.15, 0.2) is 0 Å². The Labute approximate surface area is 92.2 Å². The quantitative estimate of drug-likeness (QED) is 0.756. The highest BCUT2D eigenvalue weighted by Gasteiger charge is 2.22. The van der Waals surface area contributed by atoms with E-state index in [0.717, 1.165) is 5.56 Å². The minimum atomic E-state index is -0.427. The fraction of sp³-hybridized carbons (Fsp3) is 0.400. The molecule has 0 saturated carbocycles. The molecule has 1 atom stereocenters. The zero-order valence-electron chi connectivity index (χ0n) is 7.47. The molecule has 0 spiro atoms. The third-order valence-electron chi connectivity index (χ3n) is 1.74. The minimum Gasteiger partial charge on any atom is -0.358 e. The zero-order chi connectivity index (χ0) is 9.73. The van der Waals surface area contributed by atoms with Crippen LogP contribution in [0.2, 0.25) is 0 Å². The van der Waals surface area contributed by atoms with E-state index in [1.807, 2.05) is 37.3 Å². The summed E-state index contributed by atoms with van der Waals surface area (Å²) in [7, 11) is 0. The first-order chi connectivity index (χ1) is 6.17. The molecule has 0 aliphatic heterocycles. The van der Waals surface area contributed by atoms with Gasteiger partial charge in [-0.3, -0.25) is 0 Å². The van der Waals surface area contributed by atoms with E-state index in [4.69, 9.17) is 16.3 Å². The fourth-order valence-corrected chi connectivity index (χ4v) is 1.55. The second-order valence-electron chi connectivity index (χ2n) is 2.82. The van der Waals surface area contributed by atoms with E-state index in [2.05, 4.69) is 15.9 Å². The van der Waals surface area contributed by atoms with E-state index in [1.165, 1.54) is 0 Å². The molecule has 0 amide bonds. The maximum absolute atomic E-state index is 5.55. The van der Waals surface area contributed by atoms with Crippen LogP contribution in [-0.4, -0.2) is 12.5 Å². The summed E-state index contributed by atoms with van der Waals surface area (Å²) in [6.07, 6.45) is 0. The van der Waals surface area contributed by atoms with Crippen LogP contribution >= 0.6 is 27.5 Å². The van der Waals surface area contributed by atoms with Gasteiger partial charge in [0, 0.05) is 5.88 Å². The topological polar surface area (TPSA) is 9.23 Å². The van der Waals surface area contributed by atoms with Crippen molar-refractivity contribution in [1.82, 2.24) is 0 Å². The van der Waals surface area contributed by atoms with Gasteiger partial charge in [0.05, 0.1) is 6.61 Å². The Morgan fingerprint density at radius 2 is 2.00 bits per heavy atom. The Balaban J connectivity index is 2.69. The lowest BCUT2D eigenvalue weighted by atomic mass is 10.1. The van der Waals surface area contributed by atoms with Crippen LogP contribution in [0.5, 0.6) is 0 Å². The van der Waals surface area contributed by atoms with Gasteiger partial charge in [-0.15, -0.1) is 11.6 Å². The van der Waals surface area contributed by atoms with Crippen molar-refractivity contribution in [3.05, 3.63) is 35.9 Å². The molecule has 0 fully saturated rings. The number of rotatable bonds is 4. The number of alkyl halides is 2. The number of benzene rings is 1. The molecule has 0 radical (unpaired) electrons. The Kier molecular flexibility index (Phi) is 4.23. The molecule has 13 heavy (non-hydrogen) atoms. The Morgan fingerprint density at radius 1 is 1.38 bits per heavy atom. The summed E-state index contributed by atoms with van der Waals surface area (Å²) in [6.45, 7) is 2.51. The van der Waals surface area contributed by atoms with Gasteiger partial charge in [-0.25, -0.2) is 0 Å². The zero-order valence-corrected chi connectivity index (χ0v) is 9.81. The SMILES string of the molecule is C[C@@](Br)(OCCCl)c1ccccc1. The molecule has 0 saturated heterocycles. The van der Waals surface area contributed by atoms with Gasteiger partial charge in [0.2, 0.25) is 0 Å². The van der Waals surface area contributed by atoms with Gasteiger partial charge in [-0.2, -0.15) is 0 Å². The molecule has 0 heterocycles. The Bertz CT molecular complexity index is 248. The summed E-state index contributed by atoms with van der Waals surface area (Å²) in [5, 5.41) is 0. The van der Waals surface area contributed by atoms with Crippen LogP contribution in [0.15, 0.2) is 30.3 Å². The van der Waals surface area contributed by atoms with E-state index in [-0.39, 0.29) is 0 Å². The van der Waals surface area contributed by atoms with Crippen molar-refractivity contribution in [2.75, 3.05) is 12.5 Å². The summed E-state index contributed by atoms with van der Waals surface area (Å²) >= 11 is 9.06. The van der Waals surface area contributed by atoms with Crippen LogP contribution in [0, 0.1) is 0 Å². The summed E-state index contributed by atoms with van der Waals surface area (Å²) in [4.78, 5) is 0. The van der Waals surface area contributed by atoms with Gasteiger partial charge in [-0.1, -0.05) is 30.3 Å². The molecule has 0 unspecified atom stereocenters. The fourth-order valence-electron chi connectivity index (χ4n) is 1.05. The predicted octanol–water partition coefficient (Wildman–Crippen LogP) is 3.51. The molecule has 0 aromatic heterocycles. The molecule has 0 bridgehead atoms. The molecule has 1 rings (SSSR count). The van der Waals surface area contributed by atoms with Crippen molar-refractivity contribution >= 4 is 27.5 Å². The van der Waals surface area contributed by atoms with E-state index < -0.39 is 4.51 Å². The smallest absolute Gasteiger partial charge is 0.145 e. The summed E-state index contributed by atoms with van der Waals surface area (Å²) in [6, 6.07) is 9.98. The molecule has 3 heteroatoms. The van der Waals surface area contributed by atoms with Crippen LogP contribution in [0.25, 0.3) is 0 Å². The first kappa shape index (κ1) is 11.0. The van der Waals surface area contributed by atoms with E-state index in [9.17, 15) is 0 Å². The summed E-state index contributed by atoms with van der Waals surface area (Å²) in [5.41, 5.74) is 1.10. The van der Waals surface area contributed by atoms with E-state index >= 15 is 0 Å². The molecule has 1 nitrogen and oxygen atoms in total. The molecule has 72 valence electrons. The number of halogens is 2. The highest BCUT2D eigenvalue weighted by atomic mass is 79.9. The largest absolute Gasteiger partial charge is 0.358 e. The average Bonchev–Trinajstić information content (AvgIpc) is 2.16.